The molecule has 1 atom stereocenters. The van der Waals surface area contributed by atoms with E-state index in [2.05, 4.69) is 6.92 Å². The minimum absolute atomic E-state index is 0.0693. The molecule has 6 nitrogen and oxygen atoms in total. The second-order valence-corrected chi connectivity index (χ2v) is 8.77. The van der Waals surface area contributed by atoms with Crippen LogP contribution in [0, 0.1) is 5.82 Å². The normalized spacial score (nSPS) is 14.8. The van der Waals surface area contributed by atoms with E-state index in [1.807, 2.05) is 0 Å². The first-order valence-electron chi connectivity index (χ1n) is 11.8. The highest BCUT2D eigenvalue weighted by Crippen LogP contribution is 2.41. The highest BCUT2D eigenvalue weighted by Gasteiger charge is 2.43. The Bertz CT molecular complexity index is 1520. The third kappa shape index (κ3) is 4.06. The fourth-order valence-electron chi connectivity index (χ4n) is 4.46. The Morgan fingerprint density at radius 1 is 1.03 bits per heavy atom. The third-order valence-corrected chi connectivity index (χ3v) is 6.35. The first-order chi connectivity index (χ1) is 17.4. The van der Waals surface area contributed by atoms with Crippen molar-refractivity contribution < 1.29 is 23.1 Å². The molecule has 0 radical (unpaired) electrons. The lowest BCUT2D eigenvalue weighted by molar-refractivity contribution is 0.0970. The predicted molar refractivity (Wildman–Crippen MR) is 134 cm³/mol. The molecule has 1 aliphatic heterocycles. The fraction of sp³-hybridized carbons (Fsp3) is 0.207. The van der Waals surface area contributed by atoms with E-state index in [-0.39, 0.29) is 28.1 Å². The van der Waals surface area contributed by atoms with Crippen LogP contribution < -0.4 is 15.1 Å². The number of Topliss-reactive ketones (excluding diaryl/α,β-unsaturated/α-hetero) is 1. The maximum absolute atomic E-state index is 14.0. The second-order valence-electron chi connectivity index (χ2n) is 8.77. The largest absolute Gasteiger partial charge is 0.494 e. The number of nitrogens with zero attached hydrogens (tertiary/aromatic N) is 1. The van der Waals surface area contributed by atoms with E-state index < -0.39 is 23.2 Å². The van der Waals surface area contributed by atoms with Crippen molar-refractivity contribution in [3.63, 3.8) is 0 Å². The van der Waals surface area contributed by atoms with Crippen LogP contribution in [0.4, 0.5) is 10.1 Å². The van der Waals surface area contributed by atoms with Crippen LogP contribution in [-0.4, -0.2) is 18.3 Å². The Morgan fingerprint density at radius 3 is 2.42 bits per heavy atom. The van der Waals surface area contributed by atoms with Gasteiger partial charge >= 0.3 is 0 Å². The molecule has 0 saturated heterocycles. The molecule has 5 rings (SSSR count). The van der Waals surface area contributed by atoms with Gasteiger partial charge < -0.3 is 9.15 Å². The number of carbonyl (C=O) groups is 2. The van der Waals surface area contributed by atoms with Crippen LogP contribution in [0.3, 0.4) is 0 Å². The quantitative estimate of drug-likeness (QED) is 0.235. The molecule has 1 unspecified atom stereocenters. The molecule has 182 valence electrons. The molecule has 3 aromatic carbocycles. The number of rotatable bonds is 7. The zero-order valence-electron chi connectivity index (χ0n) is 19.9. The van der Waals surface area contributed by atoms with Crippen LogP contribution in [0.25, 0.3) is 11.0 Å². The van der Waals surface area contributed by atoms with Crippen LogP contribution in [0.15, 0.2) is 75.9 Å². The molecular weight excluding hydrogens is 461 g/mol. The number of amides is 1. The van der Waals surface area contributed by atoms with E-state index in [9.17, 15) is 18.8 Å². The molecule has 0 N–H and O–H groups in total. The Kier molecular flexibility index (Phi) is 6.14. The number of hydrogen-bond acceptors (Lipinski definition) is 5. The summed E-state index contributed by atoms with van der Waals surface area (Å²) in [5.74, 6) is -0.555. The minimum atomic E-state index is -0.802. The second kappa shape index (κ2) is 9.41. The SMILES string of the molecule is CCCCOc1ccc(C2c3c(oc4ccc(F)cc4c3=O)C(=O)N2c2ccc(C(C)=O)cc2)cc1. The number of anilines is 1. The van der Waals surface area contributed by atoms with Crippen molar-refractivity contribution >= 4 is 28.3 Å². The number of halogens is 1. The summed E-state index contributed by atoms with van der Waals surface area (Å²) in [5.41, 5.74) is 1.50. The van der Waals surface area contributed by atoms with Gasteiger partial charge in [0.1, 0.15) is 17.1 Å². The molecule has 2 heterocycles. The van der Waals surface area contributed by atoms with Gasteiger partial charge in [-0.25, -0.2) is 4.39 Å². The van der Waals surface area contributed by atoms with Crippen molar-refractivity contribution in [3.05, 3.63) is 105 Å². The molecule has 0 spiro atoms. The number of carbonyl (C=O) groups excluding carboxylic acids is 2. The maximum atomic E-state index is 14.0. The molecule has 0 bridgehead atoms. The van der Waals surface area contributed by atoms with Crippen LogP contribution >= 0.6 is 0 Å². The molecule has 1 aromatic heterocycles. The zero-order chi connectivity index (χ0) is 25.4. The van der Waals surface area contributed by atoms with Gasteiger partial charge in [0, 0.05) is 11.3 Å². The fourth-order valence-corrected chi connectivity index (χ4v) is 4.46. The first kappa shape index (κ1) is 23.5. The number of unbranched alkanes of at least 4 members (excludes halogenated alkanes) is 1. The number of benzene rings is 3. The van der Waals surface area contributed by atoms with Gasteiger partial charge in [-0.3, -0.25) is 19.3 Å². The van der Waals surface area contributed by atoms with Crippen molar-refractivity contribution in [2.75, 3.05) is 11.5 Å². The van der Waals surface area contributed by atoms with Crippen LogP contribution in [0.2, 0.25) is 0 Å². The molecule has 0 fully saturated rings. The van der Waals surface area contributed by atoms with Gasteiger partial charge in [-0.15, -0.1) is 0 Å². The van der Waals surface area contributed by atoms with Gasteiger partial charge in [0.2, 0.25) is 5.76 Å². The number of ether oxygens (including phenoxy) is 1. The third-order valence-electron chi connectivity index (χ3n) is 6.35. The Hall–Kier alpha value is -4.26. The molecule has 36 heavy (non-hydrogen) atoms. The standard InChI is InChI=1S/C29H24FNO5/c1-3-4-15-35-22-12-7-19(8-13-22)26-25-27(33)23-16-20(30)9-14-24(23)36-28(25)29(34)31(26)21-10-5-18(6-11-21)17(2)32/h5-14,16,26H,3-4,15H2,1-2H3. The zero-order valence-corrected chi connectivity index (χ0v) is 19.9. The number of hydrogen-bond donors (Lipinski definition) is 0. The van der Waals surface area contributed by atoms with E-state index >= 15 is 0 Å². The van der Waals surface area contributed by atoms with Gasteiger partial charge in [-0.05, 0) is 73.5 Å². The van der Waals surface area contributed by atoms with Gasteiger partial charge in [-0.1, -0.05) is 25.5 Å². The van der Waals surface area contributed by atoms with Gasteiger partial charge in [0.25, 0.3) is 5.91 Å². The van der Waals surface area contributed by atoms with Crippen molar-refractivity contribution in [1.82, 2.24) is 0 Å². The minimum Gasteiger partial charge on any atom is -0.494 e. The lowest BCUT2D eigenvalue weighted by Gasteiger charge is -2.25. The summed E-state index contributed by atoms with van der Waals surface area (Å²) in [6, 6.07) is 16.7. The number of ketones is 1. The summed E-state index contributed by atoms with van der Waals surface area (Å²) in [6.07, 6.45) is 1.95. The molecule has 4 aromatic rings. The summed E-state index contributed by atoms with van der Waals surface area (Å²) in [4.78, 5) is 40.5. The average Bonchev–Trinajstić information content (AvgIpc) is 3.17. The smallest absolute Gasteiger partial charge is 0.295 e. The maximum Gasteiger partial charge on any atom is 0.295 e. The molecule has 1 aliphatic rings. The monoisotopic (exact) mass is 485 g/mol. The van der Waals surface area contributed by atoms with Gasteiger partial charge in [0.05, 0.1) is 23.6 Å². The van der Waals surface area contributed by atoms with Gasteiger partial charge in [-0.2, -0.15) is 0 Å². The van der Waals surface area contributed by atoms with Crippen molar-refractivity contribution in [2.24, 2.45) is 0 Å². The molecule has 1 amide bonds. The predicted octanol–water partition coefficient (Wildman–Crippen LogP) is 6.06. The first-order valence-corrected chi connectivity index (χ1v) is 11.8. The van der Waals surface area contributed by atoms with E-state index in [0.717, 1.165) is 18.9 Å². The van der Waals surface area contributed by atoms with E-state index in [0.29, 0.717) is 29.2 Å². The lowest BCUT2D eigenvalue weighted by atomic mass is 9.98. The summed E-state index contributed by atoms with van der Waals surface area (Å²) in [7, 11) is 0. The average molecular weight is 486 g/mol. The summed E-state index contributed by atoms with van der Waals surface area (Å²) in [5, 5.41) is 0.0693. The van der Waals surface area contributed by atoms with E-state index in [1.165, 1.54) is 24.0 Å². The van der Waals surface area contributed by atoms with E-state index in [4.69, 9.17) is 9.15 Å². The van der Waals surface area contributed by atoms with Crippen LogP contribution in [0.1, 0.15) is 64.8 Å². The van der Waals surface area contributed by atoms with E-state index in [1.54, 1.807) is 48.5 Å². The summed E-state index contributed by atoms with van der Waals surface area (Å²) < 4.78 is 25.6. The van der Waals surface area contributed by atoms with Gasteiger partial charge in [0.15, 0.2) is 11.2 Å². The summed E-state index contributed by atoms with van der Waals surface area (Å²) >= 11 is 0. The molecule has 0 saturated carbocycles. The van der Waals surface area contributed by atoms with Crippen molar-refractivity contribution in [2.45, 2.75) is 32.7 Å². The Labute approximate surface area is 206 Å². The Morgan fingerprint density at radius 2 is 1.75 bits per heavy atom. The lowest BCUT2D eigenvalue weighted by Crippen LogP contribution is -2.29. The topological polar surface area (TPSA) is 76.8 Å². The highest BCUT2D eigenvalue weighted by atomic mass is 19.1. The Balaban J connectivity index is 1.66. The molecular formula is C29H24FNO5. The van der Waals surface area contributed by atoms with Crippen LogP contribution in [-0.2, 0) is 0 Å². The molecule has 0 aliphatic carbocycles. The van der Waals surface area contributed by atoms with Crippen molar-refractivity contribution in [1.29, 1.82) is 0 Å². The highest BCUT2D eigenvalue weighted by molar-refractivity contribution is 6.11. The van der Waals surface area contributed by atoms with Crippen LogP contribution in [0.5, 0.6) is 5.75 Å². The molecule has 7 heteroatoms. The van der Waals surface area contributed by atoms with Crippen molar-refractivity contribution in [3.8, 4) is 5.75 Å². The summed E-state index contributed by atoms with van der Waals surface area (Å²) in [6.45, 7) is 4.14. The number of fused-ring (bicyclic) bond motifs is 2.